The van der Waals surface area contributed by atoms with Gasteiger partial charge in [-0.2, -0.15) is 0 Å². The number of rotatable bonds is 6. The Hall–Kier alpha value is -0.620. The van der Waals surface area contributed by atoms with Crippen LogP contribution in [0.2, 0.25) is 0 Å². The quantitative estimate of drug-likeness (QED) is 0.834. The first-order valence-electron chi connectivity index (χ1n) is 7.26. The second-order valence-electron chi connectivity index (χ2n) is 5.63. The van der Waals surface area contributed by atoms with Crippen LogP contribution in [-0.4, -0.2) is 34.3 Å². The van der Waals surface area contributed by atoms with Crippen molar-refractivity contribution in [3.8, 4) is 0 Å². The van der Waals surface area contributed by atoms with Gasteiger partial charge in [-0.05, 0) is 55.8 Å². The van der Waals surface area contributed by atoms with Crippen LogP contribution >= 0.6 is 12.4 Å². The predicted molar refractivity (Wildman–Crippen MR) is 89.5 cm³/mol. The van der Waals surface area contributed by atoms with Crippen molar-refractivity contribution in [2.45, 2.75) is 25.7 Å². The highest BCUT2D eigenvalue weighted by atomic mass is 35.5. The van der Waals surface area contributed by atoms with Gasteiger partial charge >= 0.3 is 0 Å². The summed E-state index contributed by atoms with van der Waals surface area (Å²) in [6.07, 6.45) is 5.61. The highest BCUT2D eigenvalue weighted by molar-refractivity contribution is 7.88. The van der Waals surface area contributed by atoms with Crippen LogP contribution in [0.4, 0.5) is 0 Å². The Labute approximate surface area is 134 Å². The lowest BCUT2D eigenvalue weighted by atomic mass is 9.90. The van der Waals surface area contributed by atoms with Crippen molar-refractivity contribution < 1.29 is 8.42 Å². The highest BCUT2D eigenvalue weighted by Gasteiger charge is 2.13. The molecule has 1 aliphatic heterocycles. The average Bonchev–Trinajstić information content (AvgIpc) is 2.41. The summed E-state index contributed by atoms with van der Waals surface area (Å²) in [5.41, 5.74) is 2.56. The zero-order chi connectivity index (χ0) is 14.4. The average molecular weight is 333 g/mol. The van der Waals surface area contributed by atoms with Crippen LogP contribution in [0.15, 0.2) is 24.3 Å². The first-order chi connectivity index (χ1) is 9.53. The summed E-state index contributed by atoms with van der Waals surface area (Å²) in [6, 6.07) is 8.58. The molecule has 1 aromatic rings. The van der Waals surface area contributed by atoms with Gasteiger partial charge in [0.25, 0.3) is 0 Å². The van der Waals surface area contributed by atoms with E-state index < -0.39 is 10.0 Å². The highest BCUT2D eigenvalue weighted by Crippen LogP contribution is 2.18. The number of piperidine rings is 1. The van der Waals surface area contributed by atoms with Crippen LogP contribution in [0.1, 0.15) is 24.0 Å². The first-order valence-corrected chi connectivity index (χ1v) is 9.15. The molecule has 0 spiro atoms. The molecule has 1 aliphatic rings. The SMILES string of the molecule is CS(=O)(=O)NCCc1ccc(CC2CCNCC2)cc1.Cl. The summed E-state index contributed by atoms with van der Waals surface area (Å²) in [5.74, 6) is 0.800. The van der Waals surface area contributed by atoms with Crippen LogP contribution in [0.25, 0.3) is 0 Å². The number of hydrogen-bond acceptors (Lipinski definition) is 3. The molecule has 0 aromatic heterocycles. The van der Waals surface area contributed by atoms with Crippen molar-refractivity contribution in [3.63, 3.8) is 0 Å². The number of halogens is 1. The van der Waals surface area contributed by atoms with E-state index in [1.165, 1.54) is 30.2 Å². The maximum Gasteiger partial charge on any atom is 0.208 e. The Morgan fingerprint density at radius 1 is 1.14 bits per heavy atom. The fraction of sp³-hybridized carbons (Fsp3) is 0.600. The molecule has 0 aliphatic carbocycles. The van der Waals surface area contributed by atoms with E-state index >= 15 is 0 Å². The fourth-order valence-electron chi connectivity index (χ4n) is 2.64. The van der Waals surface area contributed by atoms with Crippen LogP contribution < -0.4 is 10.0 Å². The van der Waals surface area contributed by atoms with Gasteiger partial charge in [-0.3, -0.25) is 0 Å². The third kappa shape index (κ3) is 7.27. The second kappa shape index (κ2) is 8.73. The molecule has 0 bridgehead atoms. The number of nitrogens with one attached hydrogen (secondary N) is 2. The molecule has 4 nitrogen and oxygen atoms in total. The minimum Gasteiger partial charge on any atom is -0.317 e. The van der Waals surface area contributed by atoms with Gasteiger partial charge in [0.15, 0.2) is 0 Å². The van der Waals surface area contributed by atoms with Gasteiger partial charge in [-0.1, -0.05) is 24.3 Å². The zero-order valence-corrected chi connectivity index (χ0v) is 14.1. The van der Waals surface area contributed by atoms with Gasteiger partial charge in [-0.15, -0.1) is 12.4 Å². The topological polar surface area (TPSA) is 58.2 Å². The maximum atomic E-state index is 11.0. The van der Waals surface area contributed by atoms with Crippen LogP contribution in [0, 0.1) is 5.92 Å². The third-order valence-corrected chi connectivity index (χ3v) is 4.51. The lowest BCUT2D eigenvalue weighted by Crippen LogP contribution is -2.28. The Morgan fingerprint density at radius 3 is 2.29 bits per heavy atom. The molecule has 1 saturated heterocycles. The number of benzene rings is 1. The summed E-state index contributed by atoms with van der Waals surface area (Å²) in [6.45, 7) is 2.74. The normalized spacial score (nSPS) is 16.4. The number of hydrogen-bond donors (Lipinski definition) is 2. The van der Waals surface area contributed by atoms with Crippen molar-refractivity contribution in [1.29, 1.82) is 0 Å². The smallest absolute Gasteiger partial charge is 0.208 e. The van der Waals surface area contributed by atoms with E-state index in [0.717, 1.165) is 31.8 Å². The summed E-state index contributed by atoms with van der Waals surface area (Å²) in [5, 5.41) is 3.39. The molecule has 1 heterocycles. The van der Waals surface area contributed by atoms with Crippen molar-refractivity contribution in [3.05, 3.63) is 35.4 Å². The number of sulfonamides is 1. The summed E-state index contributed by atoms with van der Waals surface area (Å²) < 4.78 is 24.5. The molecule has 6 heteroatoms. The lowest BCUT2D eigenvalue weighted by molar-refractivity contribution is 0.372. The second-order valence-corrected chi connectivity index (χ2v) is 7.46. The van der Waals surface area contributed by atoms with E-state index in [-0.39, 0.29) is 12.4 Å². The molecular formula is C15H25ClN2O2S. The summed E-state index contributed by atoms with van der Waals surface area (Å²) in [7, 11) is -3.08. The van der Waals surface area contributed by atoms with Gasteiger partial charge in [0.1, 0.15) is 0 Å². The van der Waals surface area contributed by atoms with Gasteiger partial charge < -0.3 is 5.32 Å². The molecule has 0 radical (unpaired) electrons. The van der Waals surface area contributed by atoms with Gasteiger partial charge in [0.2, 0.25) is 10.0 Å². The molecule has 1 aromatic carbocycles. The van der Waals surface area contributed by atoms with Crippen LogP contribution in [0.5, 0.6) is 0 Å². The molecule has 0 unspecified atom stereocenters. The predicted octanol–water partition coefficient (Wildman–Crippen LogP) is 1.74. The van der Waals surface area contributed by atoms with E-state index in [1.54, 1.807) is 0 Å². The standard InChI is InChI=1S/C15H24N2O2S.ClH/c1-20(18,19)17-11-8-13-2-4-14(5-3-13)12-15-6-9-16-10-7-15;/h2-5,15-17H,6-12H2,1H3;1H. The molecule has 2 N–H and O–H groups in total. The Bertz CT molecular complexity index is 511. The largest absolute Gasteiger partial charge is 0.317 e. The molecular weight excluding hydrogens is 308 g/mol. The van der Waals surface area contributed by atoms with E-state index in [1.807, 2.05) is 0 Å². The first kappa shape index (κ1) is 18.4. The summed E-state index contributed by atoms with van der Waals surface area (Å²) in [4.78, 5) is 0. The van der Waals surface area contributed by atoms with Crippen LogP contribution in [0.3, 0.4) is 0 Å². The third-order valence-electron chi connectivity index (χ3n) is 3.78. The van der Waals surface area contributed by atoms with Gasteiger partial charge in [0.05, 0.1) is 6.26 Å². The van der Waals surface area contributed by atoms with E-state index in [2.05, 4.69) is 34.3 Å². The van der Waals surface area contributed by atoms with Gasteiger partial charge in [-0.25, -0.2) is 13.1 Å². The molecule has 0 atom stereocenters. The van der Waals surface area contributed by atoms with E-state index in [9.17, 15) is 8.42 Å². The summed E-state index contributed by atoms with van der Waals surface area (Å²) >= 11 is 0. The van der Waals surface area contributed by atoms with Crippen molar-refractivity contribution >= 4 is 22.4 Å². The molecule has 120 valence electrons. The van der Waals surface area contributed by atoms with E-state index in [4.69, 9.17) is 0 Å². The minimum absolute atomic E-state index is 0. The van der Waals surface area contributed by atoms with Crippen molar-refractivity contribution in [2.24, 2.45) is 5.92 Å². The van der Waals surface area contributed by atoms with E-state index in [0.29, 0.717) is 6.54 Å². The van der Waals surface area contributed by atoms with Gasteiger partial charge in [0, 0.05) is 6.54 Å². The Morgan fingerprint density at radius 2 is 1.71 bits per heavy atom. The van der Waals surface area contributed by atoms with Crippen molar-refractivity contribution in [1.82, 2.24) is 10.0 Å². The maximum absolute atomic E-state index is 11.0. The molecule has 0 amide bonds. The van der Waals surface area contributed by atoms with Crippen LogP contribution in [-0.2, 0) is 22.9 Å². The Kier molecular flexibility index (Phi) is 7.66. The Balaban J connectivity index is 0.00000220. The monoisotopic (exact) mass is 332 g/mol. The minimum atomic E-state index is -3.08. The zero-order valence-electron chi connectivity index (χ0n) is 12.5. The fourth-order valence-corrected chi connectivity index (χ4v) is 3.11. The molecule has 1 fully saturated rings. The van der Waals surface area contributed by atoms with Crippen molar-refractivity contribution in [2.75, 3.05) is 25.9 Å². The molecule has 2 rings (SSSR count). The molecule has 0 saturated carbocycles. The molecule has 21 heavy (non-hydrogen) atoms. The lowest BCUT2D eigenvalue weighted by Gasteiger charge is -2.22.